The van der Waals surface area contributed by atoms with Crippen LogP contribution in [0.1, 0.15) is 36.6 Å². The molecule has 0 aliphatic carbocycles. The molecule has 1 aliphatic heterocycles. The SMILES string of the molecule is Nc1ncc(-c2ccc(Cl)cc2)c(C2CCCCN2C(=O)Cc2c[nH]c3ccccc23)n1. The molecular weight excluding hydrogens is 422 g/mol. The summed E-state index contributed by atoms with van der Waals surface area (Å²) in [6.07, 6.45) is 6.88. The van der Waals surface area contributed by atoms with E-state index in [-0.39, 0.29) is 17.9 Å². The summed E-state index contributed by atoms with van der Waals surface area (Å²) in [6.45, 7) is 0.704. The first-order chi connectivity index (χ1) is 15.6. The lowest BCUT2D eigenvalue weighted by atomic mass is 9.93. The van der Waals surface area contributed by atoms with Gasteiger partial charge in [-0.05, 0) is 48.6 Å². The van der Waals surface area contributed by atoms with Crippen molar-refractivity contribution in [2.75, 3.05) is 12.3 Å². The van der Waals surface area contributed by atoms with Gasteiger partial charge in [0, 0.05) is 40.4 Å². The maximum Gasteiger partial charge on any atom is 0.227 e. The maximum atomic E-state index is 13.5. The zero-order valence-electron chi connectivity index (χ0n) is 17.6. The van der Waals surface area contributed by atoms with Gasteiger partial charge in [0.2, 0.25) is 11.9 Å². The average molecular weight is 446 g/mol. The van der Waals surface area contributed by atoms with E-state index in [1.165, 1.54) is 0 Å². The number of hydrogen-bond acceptors (Lipinski definition) is 4. The predicted octanol–water partition coefficient (Wildman–Crippen LogP) is 5.16. The van der Waals surface area contributed by atoms with Crippen molar-refractivity contribution in [3.8, 4) is 11.1 Å². The highest BCUT2D eigenvalue weighted by molar-refractivity contribution is 6.30. The molecule has 5 rings (SSSR count). The van der Waals surface area contributed by atoms with Gasteiger partial charge in [-0.15, -0.1) is 0 Å². The Bertz CT molecular complexity index is 1270. The summed E-state index contributed by atoms with van der Waals surface area (Å²) < 4.78 is 0. The normalized spacial score (nSPS) is 16.4. The number of nitrogens with two attached hydrogens (primary N) is 1. The molecule has 3 N–H and O–H groups in total. The Hall–Kier alpha value is -3.38. The number of aromatic nitrogens is 3. The van der Waals surface area contributed by atoms with Gasteiger partial charge in [-0.2, -0.15) is 0 Å². The molecule has 1 saturated heterocycles. The molecule has 6 nitrogen and oxygen atoms in total. The number of fused-ring (bicyclic) bond motifs is 1. The number of benzene rings is 2. The number of piperidine rings is 1. The van der Waals surface area contributed by atoms with Crippen molar-refractivity contribution in [3.63, 3.8) is 0 Å². The number of nitrogens with zero attached hydrogens (tertiary/aromatic N) is 3. The van der Waals surface area contributed by atoms with E-state index < -0.39 is 0 Å². The van der Waals surface area contributed by atoms with Crippen LogP contribution >= 0.6 is 11.6 Å². The van der Waals surface area contributed by atoms with E-state index in [0.717, 1.165) is 52.5 Å². The highest BCUT2D eigenvalue weighted by Crippen LogP contribution is 2.36. The first kappa shape index (κ1) is 20.5. The third kappa shape index (κ3) is 3.94. The van der Waals surface area contributed by atoms with Crippen molar-refractivity contribution in [1.82, 2.24) is 19.9 Å². The van der Waals surface area contributed by atoms with Gasteiger partial charge in [0.25, 0.3) is 0 Å². The number of nitrogen functional groups attached to an aromatic ring is 1. The van der Waals surface area contributed by atoms with Crippen molar-refractivity contribution in [2.45, 2.75) is 31.7 Å². The lowest BCUT2D eigenvalue weighted by Crippen LogP contribution is -2.40. The summed E-state index contributed by atoms with van der Waals surface area (Å²) >= 11 is 6.08. The van der Waals surface area contributed by atoms with Crippen molar-refractivity contribution < 1.29 is 4.79 Å². The highest BCUT2D eigenvalue weighted by atomic mass is 35.5. The predicted molar refractivity (Wildman–Crippen MR) is 127 cm³/mol. The molecule has 1 fully saturated rings. The molecule has 32 heavy (non-hydrogen) atoms. The summed E-state index contributed by atoms with van der Waals surface area (Å²) in [6, 6.07) is 15.5. The van der Waals surface area contributed by atoms with Gasteiger partial charge in [0.15, 0.2) is 0 Å². The summed E-state index contributed by atoms with van der Waals surface area (Å²) in [5.41, 5.74) is 10.7. The molecule has 1 amide bonds. The number of carbonyl (C=O) groups excluding carboxylic acids is 1. The maximum absolute atomic E-state index is 13.5. The quantitative estimate of drug-likeness (QED) is 0.454. The van der Waals surface area contributed by atoms with E-state index in [4.69, 9.17) is 17.3 Å². The molecule has 0 saturated carbocycles. The number of aromatic amines is 1. The number of nitrogens with one attached hydrogen (secondary N) is 1. The van der Waals surface area contributed by atoms with E-state index in [2.05, 4.69) is 15.0 Å². The minimum Gasteiger partial charge on any atom is -0.368 e. The van der Waals surface area contributed by atoms with E-state index >= 15 is 0 Å². The summed E-state index contributed by atoms with van der Waals surface area (Å²) in [5.74, 6) is 0.311. The van der Waals surface area contributed by atoms with E-state index in [9.17, 15) is 4.79 Å². The Balaban J connectivity index is 1.49. The number of H-pyrrole nitrogens is 1. The van der Waals surface area contributed by atoms with Crippen LogP contribution in [0.3, 0.4) is 0 Å². The standard InChI is InChI=1S/C25H24ClN5O/c26-18-10-8-16(9-11-18)20-15-29-25(27)30-24(20)22-7-3-4-12-31(22)23(32)13-17-14-28-21-6-2-1-5-19(17)21/h1-2,5-6,8-11,14-15,22,28H,3-4,7,12-13H2,(H2,27,29,30). The summed E-state index contributed by atoms with van der Waals surface area (Å²) in [4.78, 5) is 27.6. The van der Waals surface area contributed by atoms with Gasteiger partial charge in [0.05, 0.1) is 18.2 Å². The van der Waals surface area contributed by atoms with Crippen LogP contribution < -0.4 is 5.73 Å². The Morgan fingerprint density at radius 3 is 2.81 bits per heavy atom. The van der Waals surface area contributed by atoms with Crippen LogP contribution in [-0.2, 0) is 11.2 Å². The van der Waals surface area contributed by atoms with Crippen molar-refractivity contribution in [3.05, 3.63) is 77.2 Å². The summed E-state index contributed by atoms with van der Waals surface area (Å²) in [7, 11) is 0. The van der Waals surface area contributed by atoms with Crippen molar-refractivity contribution in [1.29, 1.82) is 0 Å². The highest BCUT2D eigenvalue weighted by Gasteiger charge is 2.31. The van der Waals surface area contributed by atoms with E-state index in [1.54, 1.807) is 6.20 Å². The monoisotopic (exact) mass is 445 g/mol. The zero-order chi connectivity index (χ0) is 22.1. The number of amides is 1. The molecule has 7 heteroatoms. The zero-order valence-corrected chi connectivity index (χ0v) is 18.3. The van der Waals surface area contributed by atoms with Gasteiger partial charge in [-0.25, -0.2) is 9.97 Å². The van der Waals surface area contributed by atoms with Crippen LogP contribution in [0.2, 0.25) is 5.02 Å². The largest absolute Gasteiger partial charge is 0.368 e. The molecule has 2 aromatic carbocycles. The van der Waals surface area contributed by atoms with Crippen LogP contribution in [0.5, 0.6) is 0 Å². The number of rotatable bonds is 4. The molecule has 0 bridgehead atoms. The Morgan fingerprint density at radius 2 is 1.97 bits per heavy atom. The fourth-order valence-corrected chi connectivity index (χ4v) is 4.70. The molecule has 1 atom stereocenters. The molecule has 1 aliphatic rings. The number of hydrogen-bond donors (Lipinski definition) is 2. The van der Waals surface area contributed by atoms with Gasteiger partial charge in [0.1, 0.15) is 0 Å². The first-order valence-electron chi connectivity index (χ1n) is 10.8. The molecule has 4 aromatic rings. The van der Waals surface area contributed by atoms with Crippen LogP contribution in [0.25, 0.3) is 22.0 Å². The van der Waals surface area contributed by atoms with Crippen LogP contribution in [0, 0.1) is 0 Å². The van der Waals surface area contributed by atoms with Gasteiger partial charge < -0.3 is 15.6 Å². The number of anilines is 1. The van der Waals surface area contributed by atoms with Gasteiger partial charge in [-0.1, -0.05) is 41.9 Å². The van der Waals surface area contributed by atoms with E-state index in [1.807, 2.05) is 59.6 Å². The molecule has 1 unspecified atom stereocenters. The van der Waals surface area contributed by atoms with Gasteiger partial charge in [-0.3, -0.25) is 4.79 Å². The second kappa shape index (κ2) is 8.63. The van der Waals surface area contributed by atoms with Crippen molar-refractivity contribution >= 4 is 34.4 Å². The minimum atomic E-state index is -0.141. The second-order valence-electron chi connectivity index (χ2n) is 8.17. The fourth-order valence-electron chi connectivity index (χ4n) is 4.57. The Kier molecular flexibility index (Phi) is 5.53. The third-order valence-electron chi connectivity index (χ3n) is 6.15. The molecule has 0 spiro atoms. The lowest BCUT2D eigenvalue weighted by Gasteiger charge is -2.36. The lowest BCUT2D eigenvalue weighted by molar-refractivity contribution is -0.134. The second-order valence-corrected chi connectivity index (χ2v) is 8.61. The minimum absolute atomic E-state index is 0.0960. The topological polar surface area (TPSA) is 87.9 Å². The fraction of sp³-hybridized carbons (Fsp3) is 0.240. The Morgan fingerprint density at radius 1 is 1.16 bits per heavy atom. The molecule has 3 heterocycles. The number of carbonyl (C=O) groups is 1. The smallest absolute Gasteiger partial charge is 0.227 e. The van der Waals surface area contributed by atoms with Crippen LogP contribution in [0.15, 0.2) is 60.9 Å². The number of para-hydroxylation sites is 1. The molecule has 2 aromatic heterocycles. The molecule has 0 radical (unpaired) electrons. The van der Waals surface area contributed by atoms with Crippen molar-refractivity contribution in [2.24, 2.45) is 0 Å². The van der Waals surface area contributed by atoms with Crippen LogP contribution in [-0.4, -0.2) is 32.3 Å². The Labute approximate surface area is 191 Å². The molecular formula is C25H24ClN5O. The third-order valence-corrected chi connectivity index (χ3v) is 6.40. The number of halogens is 1. The van der Waals surface area contributed by atoms with E-state index in [0.29, 0.717) is 18.0 Å². The first-order valence-corrected chi connectivity index (χ1v) is 11.2. The summed E-state index contributed by atoms with van der Waals surface area (Å²) in [5, 5.41) is 1.75. The molecule has 162 valence electrons. The average Bonchev–Trinajstić information content (AvgIpc) is 3.22. The van der Waals surface area contributed by atoms with Gasteiger partial charge >= 0.3 is 0 Å². The van der Waals surface area contributed by atoms with Crippen LogP contribution in [0.4, 0.5) is 5.95 Å². The number of likely N-dealkylation sites (tertiary alicyclic amines) is 1.